The average molecular weight is 305 g/mol. The van der Waals surface area contributed by atoms with Gasteiger partial charge in [-0.25, -0.2) is 4.98 Å². The molecule has 1 aromatic heterocycles. The smallest absolute Gasteiger partial charge is 0.261 e. The monoisotopic (exact) mass is 304 g/mol. The van der Waals surface area contributed by atoms with Gasteiger partial charge in [-0.3, -0.25) is 9.36 Å². The molecule has 3 nitrogen and oxygen atoms in total. The van der Waals surface area contributed by atoms with Crippen LogP contribution >= 0.6 is 11.6 Å². The number of halogens is 1. The van der Waals surface area contributed by atoms with Crippen molar-refractivity contribution < 1.29 is 0 Å². The van der Waals surface area contributed by atoms with Gasteiger partial charge < -0.3 is 0 Å². The van der Waals surface area contributed by atoms with Crippen molar-refractivity contribution in [2.75, 3.05) is 0 Å². The number of fused-ring (bicyclic) bond motifs is 1. The molecule has 0 aliphatic heterocycles. The minimum atomic E-state index is -0.210. The van der Waals surface area contributed by atoms with Gasteiger partial charge in [0, 0.05) is 6.04 Å². The Kier molecular flexibility index (Phi) is 4.03. The number of para-hydroxylation sites is 1. The second kappa shape index (κ2) is 5.80. The quantitative estimate of drug-likeness (QED) is 0.785. The van der Waals surface area contributed by atoms with Gasteiger partial charge in [0.2, 0.25) is 0 Å². The average Bonchev–Trinajstić information content (AvgIpc) is 2.92. The largest absolute Gasteiger partial charge is 0.292 e. The van der Waals surface area contributed by atoms with Gasteiger partial charge in [0.1, 0.15) is 5.82 Å². The van der Waals surface area contributed by atoms with Crippen molar-refractivity contribution in [3.8, 4) is 0 Å². The topological polar surface area (TPSA) is 34.9 Å². The maximum Gasteiger partial charge on any atom is 0.261 e. The van der Waals surface area contributed by atoms with Crippen LogP contribution in [0, 0.1) is 5.92 Å². The molecule has 1 aliphatic rings. The van der Waals surface area contributed by atoms with Crippen LogP contribution in [0.4, 0.5) is 0 Å². The molecule has 1 fully saturated rings. The molecule has 3 atom stereocenters. The van der Waals surface area contributed by atoms with Crippen LogP contribution in [0.5, 0.6) is 0 Å². The molecule has 1 aromatic carbocycles. The second-order valence-corrected chi connectivity index (χ2v) is 6.64. The lowest BCUT2D eigenvalue weighted by Crippen LogP contribution is -2.29. The Morgan fingerprint density at radius 3 is 2.81 bits per heavy atom. The highest BCUT2D eigenvalue weighted by Gasteiger charge is 2.28. The lowest BCUT2D eigenvalue weighted by atomic mass is 10.1. The Labute approximate surface area is 130 Å². The maximum atomic E-state index is 12.9. The molecule has 1 aliphatic carbocycles. The Bertz CT molecular complexity index is 709. The molecule has 0 saturated heterocycles. The van der Waals surface area contributed by atoms with Crippen molar-refractivity contribution in [3.05, 3.63) is 40.4 Å². The predicted octanol–water partition coefficient (Wildman–Crippen LogP) is 4.45. The van der Waals surface area contributed by atoms with Crippen LogP contribution in [0.1, 0.15) is 56.8 Å². The molecule has 2 aromatic rings. The molecule has 1 heterocycles. The zero-order valence-electron chi connectivity index (χ0n) is 12.6. The first-order chi connectivity index (χ1) is 10.1. The van der Waals surface area contributed by atoms with Crippen molar-refractivity contribution >= 4 is 22.5 Å². The van der Waals surface area contributed by atoms with Crippen molar-refractivity contribution in [2.45, 2.75) is 50.9 Å². The fraction of sp³-hybridized carbons (Fsp3) is 0.529. The van der Waals surface area contributed by atoms with E-state index in [2.05, 4.69) is 6.92 Å². The van der Waals surface area contributed by atoms with Crippen LogP contribution in [0.3, 0.4) is 0 Å². The number of hydrogen-bond acceptors (Lipinski definition) is 2. The third kappa shape index (κ3) is 2.59. The van der Waals surface area contributed by atoms with Crippen LogP contribution in [0.2, 0.25) is 0 Å². The lowest BCUT2D eigenvalue weighted by Gasteiger charge is -2.21. The predicted molar refractivity (Wildman–Crippen MR) is 86.9 cm³/mol. The SMILES string of the molecule is CCC(Cl)c1nc2ccccc2c(=O)n1C1CCC(C)C1. The first kappa shape index (κ1) is 14.6. The number of rotatable bonds is 3. The van der Waals surface area contributed by atoms with Crippen molar-refractivity contribution in [2.24, 2.45) is 5.92 Å². The molecule has 3 unspecified atom stereocenters. The maximum absolute atomic E-state index is 12.9. The van der Waals surface area contributed by atoms with Crippen LogP contribution in [0.15, 0.2) is 29.1 Å². The number of aromatic nitrogens is 2. The van der Waals surface area contributed by atoms with Gasteiger partial charge in [-0.05, 0) is 43.7 Å². The molecular weight excluding hydrogens is 284 g/mol. The van der Waals surface area contributed by atoms with E-state index in [0.717, 1.165) is 30.6 Å². The Balaban J connectivity index is 2.23. The van der Waals surface area contributed by atoms with Gasteiger partial charge in [0.05, 0.1) is 16.3 Å². The van der Waals surface area contributed by atoms with E-state index >= 15 is 0 Å². The molecule has 0 amide bonds. The van der Waals surface area contributed by atoms with Crippen molar-refractivity contribution in [1.82, 2.24) is 9.55 Å². The Hall–Kier alpha value is -1.35. The summed E-state index contributed by atoms with van der Waals surface area (Å²) in [6, 6.07) is 7.80. The third-order valence-electron chi connectivity index (χ3n) is 4.51. The van der Waals surface area contributed by atoms with Crippen molar-refractivity contribution in [1.29, 1.82) is 0 Å². The van der Waals surface area contributed by atoms with E-state index in [1.54, 1.807) is 0 Å². The van der Waals surface area contributed by atoms with Crippen LogP contribution < -0.4 is 5.56 Å². The molecule has 0 N–H and O–H groups in total. The normalized spacial score (nSPS) is 23.6. The lowest BCUT2D eigenvalue weighted by molar-refractivity contribution is 0.455. The van der Waals surface area contributed by atoms with E-state index in [1.807, 2.05) is 35.8 Å². The van der Waals surface area contributed by atoms with E-state index in [0.29, 0.717) is 11.3 Å². The summed E-state index contributed by atoms with van der Waals surface area (Å²) in [4.78, 5) is 17.6. The Morgan fingerprint density at radius 2 is 2.14 bits per heavy atom. The summed E-state index contributed by atoms with van der Waals surface area (Å²) in [6.45, 7) is 4.28. The Morgan fingerprint density at radius 1 is 1.38 bits per heavy atom. The molecule has 4 heteroatoms. The third-order valence-corrected chi connectivity index (χ3v) is 5.01. The summed E-state index contributed by atoms with van der Waals surface area (Å²) < 4.78 is 1.88. The molecule has 1 saturated carbocycles. The molecule has 21 heavy (non-hydrogen) atoms. The number of nitrogens with zero attached hydrogens (tertiary/aromatic N) is 2. The summed E-state index contributed by atoms with van der Waals surface area (Å²) in [5.41, 5.74) is 0.813. The molecular formula is C17H21ClN2O. The minimum absolute atomic E-state index is 0.0637. The first-order valence-electron chi connectivity index (χ1n) is 7.77. The van der Waals surface area contributed by atoms with E-state index in [-0.39, 0.29) is 17.0 Å². The van der Waals surface area contributed by atoms with Crippen molar-refractivity contribution in [3.63, 3.8) is 0 Å². The second-order valence-electron chi connectivity index (χ2n) is 6.11. The van der Waals surface area contributed by atoms with E-state index in [1.165, 1.54) is 6.42 Å². The van der Waals surface area contributed by atoms with Gasteiger partial charge in [0.15, 0.2) is 0 Å². The molecule has 112 valence electrons. The standard InChI is InChI=1S/C17H21ClN2O/c1-3-14(18)16-19-15-7-5-4-6-13(15)17(21)20(16)12-9-8-11(2)10-12/h4-7,11-12,14H,3,8-10H2,1-2H3. The fourth-order valence-electron chi connectivity index (χ4n) is 3.33. The summed E-state index contributed by atoms with van der Waals surface area (Å²) in [5.74, 6) is 1.40. The number of hydrogen-bond donors (Lipinski definition) is 0. The summed E-state index contributed by atoms with van der Waals surface area (Å²) >= 11 is 6.46. The zero-order chi connectivity index (χ0) is 15.0. The number of alkyl halides is 1. The van der Waals surface area contributed by atoms with Gasteiger partial charge in [-0.1, -0.05) is 26.0 Å². The van der Waals surface area contributed by atoms with E-state index in [4.69, 9.17) is 16.6 Å². The zero-order valence-corrected chi connectivity index (χ0v) is 13.3. The highest BCUT2D eigenvalue weighted by molar-refractivity contribution is 6.20. The van der Waals surface area contributed by atoms with Gasteiger partial charge >= 0.3 is 0 Å². The number of benzene rings is 1. The van der Waals surface area contributed by atoms with Gasteiger partial charge in [-0.2, -0.15) is 0 Å². The van der Waals surface area contributed by atoms with E-state index in [9.17, 15) is 4.79 Å². The van der Waals surface area contributed by atoms with Gasteiger partial charge in [-0.15, -0.1) is 11.6 Å². The molecule has 0 bridgehead atoms. The first-order valence-corrected chi connectivity index (χ1v) is 8.20. The van der Waals surface area contributed by atoms with Crippen LogP contribution in [-0.2, 0) is 0 Å². The summed E-state index contributed by atoms with van der Waals surface area (Å²) in [5, 5.41) is 0.485. The highest BCUT2D eigenvalue weighted by atomic mass is 35.5. The van der Waals surface area contributed by atoms with Gasteiger partial charge in [0.25, 0.3) is 5.56 Å². The highest BCUT2D eigenvalue weighted by Crippen LogP contribution is 2.36. The van der Waals surface area contributed by atoms with E-state index < -0.39 is 0 Å². The minimum Gasteiger partial charge on any atom is -0.292 e. The van der Waals surface area contributed by atoms with Crippen LogP contribution in [-0.4, -0.2) is 9.55 Å². The summed E-state index contributed by atoms with van der Waals surface area (Å²) in [6.07, 6.45) is 4.03. The molecule has 3 rings (SSSR count). The summed E-state index contributed by atoms with van der Waals surface area (Å²) in [7, 11) is 0. The molecule has 0 radical (unpaired) electrons. The fourth-order valence-corrected chi connectivity index (χ4v) is 3.48. The molecule has 0 spiro atoms. The van der Waals surface area contributed by atoms with Crippen LogP contribution in [0.25, 0.3) is 10.9 Å².